The number of aliphatic hydroxyl groups is 1. The van der Waals surface area contributed by atoms with E-state index in [0.717, 1.165) is 0 Å². The van der Waals surface area contributed by atoms with Gasteiger partial charge in [0.05, 0.1) is 17.9 Å². The summed E-state index contributed by atoms with van der Waals surface area (Å²) < 4.78 is 62.4. The second kappa shape index (κ2) is 4.92. The molecule has 0 saturated carbocycles. The van der Waals surface area contributed by atoms with Crippen LogP contribution in [0.3, 0.4) is 0 Å². The second-order valence-electron chi connectivity index (χ2n) is 3.18. The van der Waals surface area contributed by atoms with Crippen LogP contribution < -0.4 is 5.73 Å². The summed E-state index contributed by atoms with van der Waals surface area (Å²) in [6, 6.07) is 0.256. The van der Waals surface area contributed by atoms with E-state index in [1.165, 1.54) is 0 Å². The van der Waals surface area contributed by atoms with Crippen molar-refractivity contribution in [2.75, 3.05) is 0 Å². The fourth-order valence-electron chi connectivity index (χ4n) is 1.37. The highest BCUT2D eigenvalue weighted by atomic mass is 19.4. The van der Waals surface area contributed by atoms with Crippen LogP contribution in [-0.2, 0) is 19.3 Å². The van der Waals surface area contributed by atoms with Crippen LogP contribution >= 0.6 is 0 Å². The smallest absolute Gasteiger partial charge is 0.390 e. The molecule has 1 heterocycles. The molecular weight excluding hydrogens is 247 g/mol. The molecule has 0 spiro atoms. The third-order valence-electron chi connectivity index (χ3n) is 2.11. The van der Waals surface area contributed by atoms with Crippen LogP contribution in [0.15, 0.2) is 6.07 Å². The summed E-state index contributed by atoms with van der Waals surface area (Å²) in [5.74, 6) is 0. The number of aliphatic hydroxyl groups excluding tert-OH is 1. The van der Waals surface area contributed by atoms with E-state index >= 15 is 0 Å². The van der Waals surface area contributed by atoms with E-state index in [4.69, 9.17) is 10.8 Å². The van der Waals surface area contributed by atoms with E-state index in [1.807, 2.05) is 0 Å². The minimum atomic E-state index is -4.81. The van der Waals surface area contributed by atoms with Crippen molar-refractivity contribution in [3.8, 4) is 0 Å². The van der Waals surface area contributed by atoms with E-state index in [1.54, 1.807) is 0 Å². The van der Waals surface area contributed by atoms with Crippen molar-refractivity contribution < 1.29 is 27.1 Å². The lowest BCUT2D eigenvalue weighted by molar-refractivity contribution is -0.138. The van der Waals surface area contributed by atoms with Crippen molar-refractivity contribution in [1.82, 2.24) is 4.98 Å². The van der Waals surface area contributed by atoms with E-state index in [0.29, 0.717) is 0 Å². The summed E-state index contributed by atoms with van der Waals surface area (Å²) >= 11 is 0. The van der Waals surface area contributed by atoms with Crippen molar-refractivity contribution in [2.24, 2.45) is 5.73 Å². The highest BCUT2D eigenvalue weighted by Crippen LogP contribution is 2.35. The number of alkyl halides is 5. The van der Waals surface area contributed by atoms with Gasteiger partial charge in [-0.3, -0.25) is 0 Å². The molecule has 96 valence electrons. The maximum Gasteiger partial charge on any atom is 0.416 e. The van der Waals surface area contributed by atoms with Gasteiger partial charge in [0.15, 0.2) is 0 Å². The number of rotatable bonds is 3. The highest BCUT2D eigenvalue weighted by Gasteiger charge is 2.35. The number of hydrogen-bond donors (Lipinski definition) is 2. The average molecular weight is 256 g/mol. The third kappa shape index (κ3) is 2.89. The molecule has 0 aliphatic rings. The quantitative estimate of drug-likeness (QED) is 0.813. The normalized spacial score (nSPS) is 12.2. The Kier molecular flexibility index (Phi) is 3.99. The molecule has 3 N–H and O–H groups in total. The Morgan fingerprint density at radius 3 is 2.29 bits per heavy atom. The third-order valence-corrected chi connectivity index (χ3v) is 2.11. The Balaban J connectivity index is 3.48. The van der Waals surface area contributed by atoms with E-state index < -0.39 is 48.3 Å². The Labute approximate surface area is 93.1 Å². The van der Waals surface area contributed by atoms with Gasteiger partial charge in [0.2, 0.25) is 0 Å². The molecule has 0 unspecified atom stereocenters. The second-order valence-corrected chi connectivity index (χ2v) is 3.18. The van der Waals surface area contributed by atoms with Crippen LogP contribution in [0.2, 0.25) is 0 Å². The summed E-state index contributed by atoms with van der Waals surface area (Å²) in [4.78, 5) is 3.26. The Bertz CT molecular complexity index is 405. The van der Waals surface area contributed by atoms with Gasteiger partial charge in [-0.25, -0.2) is 13.8 Å². The molecule has 17 heavy (non-hydrogen) atoms. The average Bonchev–Trinajstić information content (AvgIpc) is 2.25. The molecule has 1 aromatic heterocycles. The molecule has 8 heteroatoms. The Morgan fingerprint density at radius 2 is 1.94 bits per heavy atom. The minimum Gasteiger partial charge on any atom is -0.390 e. The molecule has 3 nitrogen and oxygen atoms in total. The van der Waals surface area contributed by atoms with Crippen molar-refractivity contribution in [3.05, 3.63) is 28.6 Å². The number of pyridine rings is 1. The van der Waals surface area contributed by atoms with Crippen molar-refractivity contribution in [1.29, 1.82) is 0 Å². The molecular formula is C9H9F5N2O. The van der Waals surface area contributed by atoms with Gasteiger partial charge in [0.25, 0.3) is 6.43 Å². The predicted molar refractivity (Wildman–Crippen MR) is 48.0 cm³/mol. The summed E-state index contributed by atoms with van der Waals surface area (Å²) in [6.07, 6.45) is -7.96. The number of hydrogen-bond acceptors (Lipinski definition) is 3. The molecule has 1 rings (SSSR count). The molecule has 0 aliphatic carbocycles. The fraction of sp³-hybridized carbons (Fsp3) is 0.444. The summed E-state index contributed by atoms with van der Waals surface area (Å²) in [7, 11) is 0. The first-order valence-electron chi connectivity index (χ1n) is 4.50. The lowest BCUT2D eigenvalue weighted by atomic mass is 10.0. The SMILES string of the molecule is NCc1c(C(F)(F)F)cc(C(F)F)nc1CO. The van der Waals surface area contributed by atoms with Gasteiger partial charge in [0.1, 0.15) is 5.69 Å². The van der Waals surface area contributed by atoms with E-state index in [2.05, 4.69) is 4.98 Å². The molecule has 0 aromatic carbocycles. The maximum absolute atomic E-state index is 12.6. The van der Waals surface area contributed by atoms with E-state index in [9.17, 15) is 22.0 Å². The Morgan fingerprint density at radius 1 is 1.35 bits per heavy atom. The first kappa shape index (κ1) is 13.8. The highest BCUT2D eigenvalue weighted by molar-refractivity contribution is 5.35. The lowest BCUT2D eigenvalue weighted by Gasteiger charge is -2.16. The predicted octanol–water partition coefficient (Wildman–Crippen LogP) is 1.99. The monoisotopic (exact) mass is 256 g/mol. The molecule has 0 amide bonds. The van der Waals surface area contributed by atoms with Gasteiger partial charge in [0, 0.05) is 12.1 Å². The summed E-state index contributed by atoms with van der Waals surface area (Å²) in [5.41, 5.74) is 1.86. The summed E-state index contributed by atoms with van der Waals surface area (Å²) in [5, 5.41) is 8.82. The van der Waals surface area contributed by atoms with Gasteiger partial charge in [-0.1, -0.05) is 0 Å². The number of nitrogens with zero attached hydrogens (tertiary/aromatic N) is 1. The maximum atomic E-state index is 12.6. The van der Waals surface area contributed by atoms with Gasteiger partial charge < -0.3 is 10.8 Å². The molecule has 0 atom stereocenters. The zero-order valence-corrected chi connectivity index (χ0v) is 8.43. The number of nitrogens with two attached hydrogens (primary N) is 1. The molecule has 0 fully saturated rings. The molecule has 0 radical (unpaired) electrons. The zero-order valence-electron chi connectivity index (χ0n) is 8.43. The first-order valence-corrected chi connectivity index (χ1v) is 4.50. The zero-order chi connectivity index (χ0) is 13.2. The van der Waals surface area contributed by atoms with Crippen LogP contribution in [0.5, 0.6) is 0 Å². The topological polar surface area (TPSA) is 59.1 Å². The lowest BCUT2D eigenvalue weighted by Crippen LogP contribution is -2.17. The van der Waals surface area contributed by atoms with Gasteiger partial charge >= 0.3 is 6.18 Å². The fourth-order valence-corrected chi connectivity index (χ4v) is 1.37. The largest absolute Gasteiger partial charge is 0.416 e. The Hall–Kier alpha value is -1.28. The van der Waals surface area contributed by atoms with E-state index in [-0.39, 0.29) is 6.07 Å². The van der Waals surface area contributed by atoms with Crippen LogP contribution in [0.25, 0.3) is 0 Å². The van der Waals surface area contributed by atoms with Crippen LogP contribution in [0.1, 0.15) is 28.9 Å². The molecule has 0 saturated heterocycles. The van der Waals surface area contributed by atoms with Gasteiger partial charge in [-0.05, 0) is 6.07 Å². The molecule has 0 bridgehead atoms. The standard InChI is InChI=1S/C9H9F5N2O/c10-8(11)6-1-5(9(12,13)14)4(2-15)7(3-17)16-6/h1,8,17H,2-3,15H2. The van der Waals surface area contributed by atoms with Crippen molar-refractivity contribution >= 4 is 0 Å². The van der Waals surface area contributed by atoms with Gasteiger partial charge in [-0.15, -0.1) is 0 Å². The minimum absolute atomic E-state index is 0.256. The van der Waals surface area contributed by atoms with Crippen molar-refractivity contribution in [2.45, 2.75) is 25.8 Å². The van der Waals surface area contributed by atoms with Crippen molar-refractivity contribution in [3.63, 3.8) is 0 Å². The van der Waals surface area contributed by atoms with Crippen LogP contribution in [-0.4, -0.2) is 10.1 Å². The number of halogens is 5. The van der Waals surface area contributed by atoms with Gasteiger partial charge in [-0.2, -0.15) is 13.2 Å². The van der Waals surface area contributed by atoms with Crippen LogP contribution in [0, 0.1) is 0 Å². The molecule has 0 aliphatic heterocycles. The number of aromatic nitrogens is 1. The summed E-state index contributed by atoms with van der Waals surface area (Å²) in [6.45, 7) is -1.42. The molecule has 1 aromatic rings. The first-order chi connectivity index (χ1) is 7.81. The van der Waals surface area contributed by atoms with Crippen LogP contribution in [0.4, 0.5) is 22.0 Å².